The minimum atomic E-state index is -2.60. The van der Waals surface area contributed by atoms with E-state index >= 15 is 4.79 Å². The summed E-state index contributed by atoms with van der Waals surface area (Å²) in [6.07, 6.45) is 1.88. The van der Waals surface area contributed by atoms with Gasteiger partial charge in [0.25, 0.3) is 5.91 Å². The number of carbonyl (C=O) groups is 3. The highest BCUT2D eigenvalue weighted by molar-refractivity contribution is 9.10. The van der Waals surface area contributed by atoms with Gasteiger partial charge in [0.05, 0.1) is 70.9 Å². The van der Waals surface area contributed by atoms with Gasteiger partial charge in [0.1, 0.15) is 11.5 Å². The molecule has 4 heterocycles. The van der Waals surface area contributed by atoms with Crippen LogP contribution in [0.3, 0.4) is 0 Å². The monoisotopic (exact) mass is 1010 g/mol. The van der Waals surface area contributed by atoms with Crippen LogP contribution >= 0.6 is 15.9 Å². The first-order valence-electron chi connectivity index (χ1n) is 24.3. The molecule has 5 aromatic carbocycles. The zero-order valence-electron chi connectivity index (χ0n) is 40.1. The largest absolute Gasteiger partial charge is 0.497 e. The Morgan fingerprint density at radius 2 is 1.64 bits per heavy atom. The van der Waals surface area contributed by atoms with E-state index < -0.39 is 25.8 Å². The number of nitrogens with zero attached hydrogens (tertiary/aromatic N) is 3. The second-order valence-corrected chi connectivity index (χ2v) is 25.1. The van der Waals surface area contributed by atoms with Crippen LogP contribution in [0.4, 0.5) is 17.1 Å². The van der Waals surface area contributed by atoms with Gasteiger partial charge in [-0.25, -0.2) is 0 Å². The third kappa shape index (κ3) is 9.04. The Morgan fingerprint density at radius 3 is 2.38 bits per heavy atom. The van der Waals surface area contributed by atoms with Crippen molar-refractivity contribution < 1.29 is 38.8 Å². The van der Waals surface area contributed by atoms with Crippen molar-refractivity contribution in [3.8, 4) is 11.5 Å². The van der Waals surface area contributed by atoms with Gasteiger partial charge in [-0.05, 0) is 128 Å². The summed E-state index contributed by atoms with van der Waals surface area (Å²) in [5.74, 6) is 0.760. The number of nitrogens with one attached hydrogen (secondary N) is 1. The molecule has 9 rings (SSSR count). The number of fused-ring (bicyclic) bond motifs is 4. The van der Waals surface area contributed by atoms with E-state index in [0.717, 1.165) is 66.8 Å². The smallest absolute Gasteiger partial charge is 0.264 e. The number of methoxy groups -OCH3 is 1. The van der Waals surface area contributed by atoms with Crippen molar-refractivity contribution in [1.29, 1.82) is 0 Å². The van der Waals surface area contributed by atoms with Crippen LogP contribution in [0, 0.1) is 5.92 Å². The number of benzene rings is 5. The Balaban J connectivity index is 1.07. The van der Waals surface area contributed by atoms with Crippen LogP contribution in [0.2, 0.25) is 18.6 Å². The summed E-state index contributed by atoms with van der Waals surface area (Å²) in [6.45, 7) is 10.3. The van der Waals surface area contributed by atoms with Crippen LogP contribution in [0.15, 0.2) is 114 Å². The molecule has 0 aliphatic carbocycles. The standard InChI is InChI=1S/C55H63BrN4O8Si/c1-6-67-44-19-23-48-39(28-44)29-47(57-24-9-10-25-61)53(64)60(48)41-15-11-12-36(26-41)32-59-49-22-16-40(56)30-46(49)55(54(59)65)35(2)52(69(4,5)45-20-17-43(66-3)18-21-45)50(68-55)31-51(63)58-33-38-14-8-7-13-37(38)27-42(58)34-62/h7-8,11-23,26,28,30,35,42,47,50,52,57,61-62H,6,9-10,24-25,27,29,31-34H2,1-5H3/t35-,42+,47?,50+,52-,55+/m1/s1. The minimum Gasteiger partial charge on any atom is -0.497 e. The van der Waals surface area contributed by atoms with Gasteiger partial charge in [-0.15, -0.1) is 0 Å². The van der Waals surface area contributed by atoms with E-state index in [2.05, 4.69) is 59.5 Å². The molecule has 1 saturated heterocycles. The highest BCUT2D eigenvalue weighted by atomic mass is 79.9. The highest BCUT2D eigenvalue weighted by Gasteiger charge is 2.66. The summed E-state index contributed by atoms with van der Waals surface area (Å²) in [6, 6.07) is 35.0. The molecule has 1 unspecified atom stereocenters. The number of halogens is 1. The number of amides is 3. The Hall–Kier alpha value is -5.35. The molecule has 4 aliphatic rings. The van der Waals surface area contributed by atoms with Crippen molar-refractivity contribution in [3.05, 3.63) is 141 Å². The third-order valence-corrected chi connectivity index (χ3v) is 19.9. The van der Waals surface area contributed by atoms with Gasteiger partial charge >= 0.3 is 0 Å². The number of aliphatic hydroxyl groups excluding tert-OH is 2. The van der Waals surface area contributed by atoms with Crippen molar-refractivity contribution in [2.45, 2.75) is 101 Å². The maximum atomic E-state index is 15.8. The minimum absolute atomic E-state index is 0.0509. The lowest BCUT2D eigenvalue weighted by Gasteiger charge is -2.39. The lowest BCUT2D eigenvalue weighted by Crippen LogP contribution is -2.52. The fraction of sp³-hybridized carbons (Fsp3) is 0.400. The summed E-state index contributed by atoms with van der Waals surface area (Å²) >= 11 is 3.74. The maximum absolute atomic E-state index is 15.8. The number of hydrogen-bond acceptors (Lipinski definition) is 9. The molecule has 1 fully saturated rings. The molecule has 14 heteroatoms. The Bertz CT molecular complexity index is 2720. The van der Waals surface area contributed by atoms with Gasteiger partial charge < -0.3 is 39.5 Å². The van der Waals surface area contributed by atoms with Gasteiger partial charge in [0.15, 0.2) is 5.60 Å². The second-order valence-electron chi connectivity index (χ2n) is 19.5. The maximum Gasteiger partial charge on any atom is 0.264 e. The van der Waals surface area contributed by atoms with Crippen molar-refractivity contribution in [2.24, 2.45) is 5.92 Å². The third-order valence-electron chi connectivity index (χ3n) is 15.1. The number of unbranched alkanes of at least 4 members (excludes halogenated alkanes) is 1. The molecule has 4 aliphatic heterocycles. The first kappa shape index (κ1) is 48.7. The van der Waals surface area contributed by atoms with Crippen molar-refractivity contribution in [1.82, 2.24) is 10.2 Å². The van der Waals surface area contributed by atoms with E-state index in [-0.39, 0.29) is 61.4 Å². The predicted molar refractivity (Wildman–Crippen MR) is 274 cm³/mol. The molecule has 12 nitrogen and oxygen atoms in total. The Kier molecular flexibility index (Phi) is 14.2. The Labute approximate surface area is 414 Å². The number of ether oxygens (including phenoxy) is 3. The average Bonchev–Trinajstić information content (AvgIpc) is 3.77. The number of aliphatic hydroxyl groups is 2. The number of hydrogen-bond donors (Lipinski definition) is 3. The molecular weight excluding hydrogens is 953 g/mol. The van der Waals surface area contributed by atoms with Gasteiger partial charge in [-0.1, -0.05) is 89.7 Å². The van der Waals surface area contributed by atoms with E-state index in [9.17, 15) is 19.8 Å². The summed E-state index contributed by atoms with van der Waals surface area (Å²) < 4.78 is 19.6. The van der Waals surface area contributed by atoms with Crippen molar-refractivity contribution in [2.75, 3.05) is 43.3 Å². The lowest BCUT2D eigenvalue weighted by molar-refractivity contribution is -0.151. The Morgan fingerprint density at radius 1 is 0.884 bits per heavy atom. The second kappa shape index (κ2) is 20.2. The van der Waals surface area contributed by atoms with E-state index in [1.807, 2.05) is 103 Å². The lowest BCUT2D eigenvalue weighted by atomic mass is 9.82. The number of rotatable bonds is 16. The van der Waals surface area contributed by atoms with Crippen LogP contribution in [0.1, 0.15) is 60.9 Å². The molecule has 0 radical (unpaired) electrons. The van der Waals surface area contributed by atoms with Gasteiger partial charge in [0, 0.05) is 34.8 Å². The zero-order valence-corrected chi connectivity index (χ0v) is 42.7. The molecule has 69 heavy (non-hydrogen) atoms. The van der Waals surface area contributed by atoms with Crippen LogP contribution in [-0.2, 0) is 50.7 Å². The molecular formula is C55H63BrN4O8Si. The molecule has 3 N–H and O–H groups in total. The summed E-state index contributed by atoms with van der Waals surface area (Å²) in [5.41, 5.74) is 5.36. The van der Waals surface area contributed by atoms with Crippen LogP contribution in [-0.4, -0.2) is 92.6 Å². The topological polar surface area (TPSA) is 141 Å². The molecule has 0 aromatic heterocycles. The van der Waals surface area contributed by atoms with Crippen LogP contribution < -0.4 is 29.8 Å². The first-order valence-corrected chi connectivity index (χ1v) is 28.1. The summed E-state index contributed by atoms with van der Waals surface area (Å²) in [5, 5.41) is 24.6. The molecule has 6 atom stereocenters. The molecule has 1 spiro atoms. The van der Waals surface area contributed by atoms with Crippen LogP contribution in [0.5, 0.6) is 11.5 Å². The van der Waals surface area contributed by atoms with Crippen molar-refractivity contribution >= 4 is 64.0 Å². The molecule has 0 bridgehead atoms. The average molecular weight is 1020 g/mol. The quantitative estimate of drug-likeness (QED) is 0.0665. The molecule has 0 saturated carbocycles. The van der Waals surface area contributed by atoms with Gasteiger partial charge in [-0.2, -0.15) is 0 Å². The number of anilines is 3. The molecule has 362 valence electrons. The van der Waals surface area contributed by atoms with E-state index in [0.29, 0.717) is 44.6 Å². The van der Waals surface area contributed by atoms with Gasteiger partial charge in [-0.3, -0.25) is 19.3 Å². The number of carbonyl (C=O) groups excluding carboxylic acids is 3. The predicted octanol–water partition coefficient (Wildman–Crippen LogP) is 7.91. The van der Waals surface area contributed by atoms with E-state index in [4.69, 9.17) is 14.2 Å². The zero-order chi connectivity index (χ0) is 48.6. The fourth-order valence-electron chi connectivity index (χ4n) is 11.7. The van der Waals surface area contributed by atoms with E-state index in [1.165, 1.54) is 0 Å². The fourth-order valence-corrected chi connectivity index (χ4v) is 16.0. The van der Waals surface area contributed by atoms with Crippen molar-refractivity contribution in [3.63, 3.8) is 0 Å². The summed E-state index contributed by atoms with van der Waals surface area (Å²) in [4.78, 5) is 50.5. The molecule has 3 amide bonds. The van der Waals surface area contributed by atoms with Crippen LogP contribution in [0.25, 0.3) is 0 Å². The van der Waals surface area contributed by atoms with Gasteiger partial charge in [0.2, 0.25) is 11.8 Å². The molecule has 5 aromatic rings. The summed E-state index contributed by atoms with van der Waals surface area (Å²) in [7, 11) is -0.944. The van der Waals surface area contributed by atoms with E-state index in [1.54, 1.807) is 16.9 Å². The normalized spacial score (nSPS) is 23.0. The highest BCUT2D eigenvalue weighted by Crippen LogP contribution is 2.60. The first-order chi connectivity index (χ1) is 33.3. The SMILES string of the molecule is CCOc1ccc2c(c1)CC(NCCCCO)C(=O)N2c1cccc(CN2C(=O)[C@@]3(O[C@@H](CC(=O)N4Cc5ccccc5C[C@H]4CO)[C@H]([Si](C)(C)c4ccc(OC)cc4)[C@H]3C)c3cc(Br)ccc32)c1.